The van der Waals surface area contributed by atoms with Gasteiger partial charge >= 0.3 is 0 Å². The van der Waals surface area contributed by atoms with Gasteiger partial charge in [0.1, 0.15) is 5.78 Å². The van der Waals surface area contributed by atoms with Crippen LogP contribution in [0.15, 0.2) is 4.58 Å². The fourth-order valence-electron chi connectivity index (χ4n) is 0.790. The van der Waals surface area contributed by atoms with Crippen molar-refractivity contribution < 1.29 is 4.79 Å². The molecular formula is C7H14N2O2S. The van der Waals surface area contributed by atoms with Crippen LogP contribution in [0.4, 0.5) is 0 Å². The molecule has 4 nitrogen and oxygen atoms in total. The number of carbonyl (C=O) groups is 1. The molecule has 0 aliphatic rings. The third-order valence-electron chi connectivity index (χ3n) is 1.32. The zero-order valence-corrected chi connectivity index (χ0v) is 8.35. The van der Waals surface area contributed by atoms with Gasteiger partial charge in [-0.3, -0.25) is 4.79 Å². The van der Waals surface area contributed by atoms with E-state index in [4.69, 9.17) is 0 Å². The molecule has 5 heteroatoms. The highest BCUT2D eigenvalue weighted by molar-refractivity contribution is 7.97. The average Bonchev–Trinajstić information content (AvgIpc) is 1.96. The number of nitroso groups, excluding NO2 is 1. The highest BCUT2D eigenvalue weighted by Gasteiger charge is 2.14. The van der Waals surface area contributed by atoms with Crippen molar-refractivity contribution in [1.82, 2.24) is 5.32 Å². The number of nitrogens with one attached hydrogen (secondary N) is 1. The maximum absolute atomic E-state index is 11.0. The molecule has 0 amide bonds. The minimum absolute atomic E-state index is 0.0415. The van der Waals surface area contributed by atoms with Gasteiger partial charge < -0.3 is 5.32 Å². The van der Waals surface area contributed by atoms with E-state index in [-0.39, 0.29) is 17.9 Å². The van der Waals surface area contributed by atoms with E-state index in [2.05, 4.69) is 9.90 Å². The van der Waals surface area contributed by atoms with E-state index in [1.807, 2.05) is 13.8 Å². The van der Waals surface area contributed by atoms with E-state index in [1.165, 1.54) is 6.92 Å². The first-order valence-corrected chi connectivity index (χ1v) is 4.73. The first kappa shape index (κ1) is 11.6. The second-order valence-corrected chi connectivity index (χ2v) is 3.60. The predicted octanol–water partition coefficient (Wildman–Crippen LogP) is 1.36. The first-order valence-electron chi connectivity index (χ1n) is 3.79. The summed E-state index contributed by atoms with van der Waals surface area (Å²) >= 11 is 0.873. The van der Waals surface area contributed by atoms with Crippen LogP contribution in [0.2, 0.25) is 0 Å². The molecule has 1 N–H and O–H groups in total. The Morgan fingerprint density at radius 2 is 2.17 bits per heavy atom. The highest BCUT2D eigenvalue weighted by atomic mass is 32.2. The van der Waals surface area contributed by atoms with Crippen molar-refractivity contribution >= 4 is 17.7 Å². The smallest absolute Gasteiger partial charge is 0.147 e. The number of Topliss-reactive ketones (excluding diaryl/α,β-unsaturated/α-hetero) is 1. The van der Waals surface area contributed by atoms with Crippen LogP contribution in [-0.4, -0.2) is 23.6 Å². The summed E-state index contributed by atoms with van der Waals surface area (Å²) in [7, 11) is 0. The van der Waals surface area contributed by atoms with Gasteiger partial charge in [0.25, 0.3) is 0 Å². The summed E-state index contributed by atoms with van der Waals surface area (Å²) < 4.78 is 2.64. The van der Waals surface area contributed by atoms with E-state index in [9.17, 15) is 9.70 Å². The van der Waals surface area contributed by atoms with Crippen molar-refractivity contribution in [2.45, 2.75) is 32.9 Å². The van der Waals surface area contributed by atoms with E-state index in [0.29, 0.717) is 5.75 Å². The lowest BCUT2D eigenvalue weighted by Crippen LogP contribution is -2.41. The summed E-state index contributed by atoms with van der Waals surface area (Å²) in [6.07, 6.45) is 0. The lowest BCUT2D eigenvalue weighted by Gasteiger charge is -2.16. The van der Waals surface area contributed by atoms with Crippen molar-refractivity contribution in [2.75, 3.05) is 5.75 Å². The number of carbonyl (C=O) groups excluding carboxylic acids is 1. The van der Waals surface area contributed by atoms with Gasteiger partial charge in [-0.1, -0.05) is 13.8 Å². The molecule has 0 aliphatic heterocycles. The third kappa shape index (κ3) is 5.26. The molecule has 0 aromatic heterocycles. The average molecular weight is 190 g/mol. The van der Waals surface area contributed by atoms with Gasteiger partial charge in [-0.25, -0.2) is 0 Å². The maximum Gasteiger partial charge on any atom is 0.147 e. The third-order valence-corrected chi connectivity index (χ3v) is 1.91. The summed E-state index contributed by atoms with van der Waals surface area (Å²) in [5, 5.41) is 3.04. The SMILES string of the molecule is CC(=O)C(CSN=O)NC(C)C. The van der Waals surface area contributed by atoms with Gasteiger partial charge in [0, 0.05) is 28.3 Å². The number of rotatable bonds is 6. The minimum Gasteiger partial charge on any atom is -0.305 e. The van der Waals surface area contributed by atoms with Crippen molar-refractivity contribution in [3.05, 3.63) is 4.91 Å². The number of ketones is 1. The molecule has 0 fully saturated rings. The minimum atomic E-state index is -0.257. The Hall–Kier alpha value is -0.420. The molecule has 0 radical (unpaired) electrons. The summed E-state index contributed by atoms with van der Waals surface area (Å²) in [6, 6.07) is -0.0150. The normalized spacial score (nSPS) is 13.0. The van der Waals surface area contributed by atoms with Crippen molar-refractivity contribution in [3.8, 4) is 0 Å². The van der Waals surface area contributed by atoms with Crippen LogP contribution in [0.1, 0.15) is 20.8 Å². The van der Waals surface area contributed by atoms with Gasteiger partial charge in [-0.15, -0.1) is 4.91 Å². The van der Waals surface area contributed by atoms with Gasteiger partial charge in [0.15, 0.2) is 0 Å². The molecule has 0 aliphatic carbocycles. The maximum atomic E-state index is 11.0. The van der Waals surface area contributed by atoms with Crippen LogP contribution < -0.4 is 5.32 Å². The summed E-state index contributed by atoms with van der Waals surface area (Å²) in [6.45, 7) is 5.41. The zero-order chi connectivity index (χ0) is 9.56. The van der Waals surface area contributed by atoms with E-state index in [0.717, 1.165) is 11.9 Å². The Labute approximate surface area is 76.6 Å². The standard InChI is InChI=1S/C7H14N2O2S/c1-5(2)8-7(6(3)10)4-12-9-11/h5,7-8H,4H2,1-3H3. The Morgan fingerprint density at radius 3 is 2.50 bits per heavy atom. The van der Waals surface area contributed by atoms with Crippen LogP contribution in [0.25, 0.3) is 0 Å². The van der Waals surface area contributed by atoms with Crippen LogP contribution >= 0.6 is 11.9 Å². The van der Waals surface area contributed by atoms with E-state index >= 15 is 0 Å². The molecule has 0 heterocycles. The van der Waals surface area contributed by atoms with Gasteiger partial charge in [0.2, 0.25) is 0 Å². The summed E-state index contributed by atoms with van der Waals surface area (Å²) in [4.78, 5) is 20.8. The summed E-state index contributed by atoms with van der Waals surface area (Å²) in [5.74, 6) is 0.455. The van der Waals surface area contributed by atoms with Crippen LogP contribution in [0.3, 0.4) is 0 Å². The van der Waals surface area contributed by atoms with Gasteiger partial charge in [-0.05, 0) is 6.92 Å². The molecule has 1 unspecified atom stereocenters. The van der Waals surface area contributed by atoms with Crippen molar-refractivity contribution in [3.63, 3.8) is 0 Å². The second-order valence-electron chi connectivity index (χ2n) is 2.85. The van der Waals surface area contributed by atoms with Gasteiger partial charge in [0.05, 0.1) is 6.04 Å². The van der Waals surface area contributed by atoms with E-state index in [1.54, 1.807) is 0 Å². The Morgan fingerprint density at radius 1 is 1.58 bits per heavy atom. The molecule has 0 saturated heterocycles. The largest absolute Gasteiger partial charge is 0.305 e. The monoisotopic (exact) mass is 190 g/mol. The molecule has 0 rings (SSSR count). The van der Waals surface area contributed by atoms with Crippen LogP contribution in [0.5, 0.6) is 0 Å². The fourth-order valence-corrected chi connectivity index (χ4v) is 1.33. The molecule has 1 atom stereocenters. The van der Waals surface area contributed by atoms with Crippen molar-refractivity contribution in [1.29, 1.82) is 0 Å². The van der Waals surface area contributed by atoms with Crippen molar-refractivity contribution in [2.24, 2.45) is 4.58 Å². The molecule has 0 saturated carbocycles. The molecule has 0 spiro atoms. The zero-order valence-electron chi connectivity index (χ0n) is 7.53. The molecule has 0 aromatic rings. The van der Waals surface area contributed by atoms with Gasteiger partial charge in [-0.2, -0.15) is 0 Å². The molecular weight excluding hydrogens is 176 g/mol. The topological polar surface area (TPSA) is 58.5 Å². The Kier molecular flexibility index (Phi) is 5.92. The Balaban J connectivity index is 3.86. The lowest BCUT2D eigenvalue weighted by atomic mass is 10.2. The fraction of sp³-hybridized carbons (Fsp3) is 0.857. The number of hydrogen-bond donors (Lipinski definition) is 1. The second kappa shape index (κ2) is 6.14. The van der Waals surface area contributed by atoms with Crippen LogP contribution in [-0.2, 0) is 4.79 Å². The molecule has 0 aromatic carbocycles. The molecule has 70 valence electrons. The Bertz CT molecular complexity index is 161. The summed E-state index contributed by atoms with van der Waals surface area (Å²) in [5.41, 5.74) is 0. The van der Waals surface area contributed by atoms with Crippen LogP contribution in [0, 0.1) is 4.91 Å². The predicted molar refractivity (Wildman–Crippen MR) is 51.0 cm³/mol. The molecule has 0 bridgehead atoms. The quantitative estimate of drug-likeness (QED) is 0.507. The highest BCUT2D eigenvalue weighted by Crippen LogP contribution is 2.04. The number of hydrogen-bond acceptors (Lipinski definition) is 5. The van der Waals surface area contributed by atoms with E-state index < -0.39 is 0 Å². The lowest BCUT2D eigenvalue weighted by molar-refractivity contribution is -0.118. The number of nitrogens with zero attached hydrogens (tertiary/aromatic N) is 1. The molecule has 12 heavy (non-hydrogen) atoms. The first-order chi connectivity index (χ1) is 5.57.